The zero-order valence-corrected chi connectivity index (χ0v) is 17.5. The number of hydrogen-bond donors (Lipinski definition) is 1. The molecule has 1 saturated heterocycles. The fraction of sp³-hybridized carbons (Fsp3) is 0.333. The molecule has 0 bridgehead atoms. The lowest BCUT2D eigenvalue weighted by Crippen LogP contribution is -2.43. The number of rotatable bonds is 7. The molecular weight excluding hydrogens is 415 g/mol. The van der Waals surface area contributed by atoms with Crippen molar-refractivity contribution >= 4 is 40.7 Å². The van der Waals surface area contributed by atoms with Crippen molar-refractivity contribution in [2.75, 3.05) is 25.6 Å². The van der Waals surface area contributed by atoms with Gasteiger partial charge < -0.3 is 19.7 Å². The second-order valence-corrected chi connectivity index (χ2v) is 7.45. The van der Waals surface area contributed by atoms with Gasteiger partial charge in [-0.15, -0.1) is 0 Å². The monoisotopic (exact) mass is 436 g/mol. The van der Waals surface area contributed by atoms with Crippen molar-refractivity contribution < 1.29 is 19.1 Å². The predicted octanol–water partition coefficient (Wildman–Crippen LogP) is 4.40. The molecule has 1 fully saturated rings. The van der Waals surface area contributed by atoms with Gasteiger partial charge in [0.25, 0.3) is 0 Å². The molecule has 0 aliphatic carbocycles. The van der Waals surface area contributed by atoms with E-state index in [0.717, 1.165) is 6.42 Å². The van der Waals surface area contributed by atoms with Gasteiger partial charge in [0.1, 0.15) is 17.5 Å². The van der Waals surface area contributed by atoms with Crippen LogP contribution < -0.4 is 14.8 Å². The number of ether oxygens (including phenoxy) is 2. The molecule has 6 nitrogen and oxygen atoms in total. The number of amides is 2. The van der Waals surface area contributed by atoms with Crippen molar-refractivity contribution in [3.63, 3.8) is 0 Å². The van der Waals surface area contributed by atoms with Gasteiger partial charge in [0.05, 0.1) is 30.2 Å². The Morgan fingerprint density at radius 1 is 1.10 bits per heavy atom. The average molecular weight is 437 g/mol. The summed E-state index contributed by atoms with van der Waals surface area (Å²) in [5, 5.41) is 3.70. The van der Waals surface area contributed by atoms with Gasteiger partial charge in [-0.05, 0) is 49.2 Å². The van der Waals surface area contributed by atoms with Crippen molar-refractivity contribution in [2.45, 2.75) is 25.3 Å². The Hall–Kier alpha value is -2.44. The molecule has 1 aliphatic heterocycles. The lowest BCUT2D eigenvalue weighted by molar-refractivity contribution is -0.137. The Morgan fingerprint density at radius 2 is 1.83 bits per heavy atom. The second-order valence-electron chi connectivity index (χ2n) is 6.64. The molecule has 1 heterocycles. The van der Waals surface area contributed by atoms with Crippen LogP contribution in [0.25, 0.3) is 0 Å². The summed E-state index contributed by atoms with van der Waals surface area (Å²) in [6, 6.07) is 11.5. The fourth-order valence-corrected chi connectivity index (χ4v) is 3.49. The van der Waals surface area contributed by atoms with Crippen molar-refractivity contribution in [1.82, 2.24) is 4.90 Å². The van der Waals surface area contributed by atoms with Crippen molar-refractivity contribution in [3.05, 3.63) is 52.5 Å². The molecule has 1 N–H and O–H groups in total. The zero-order chi connectivity index (χ0) is 20.8. The Balaban J connectivity index is 1.52. The SMILES string of the molecule is COc1ccc(NC(=O)C2CCCN2C(=O)CCOc2ccc(Cl)c(Cl)c2)cc1. The maximum Gasteiger partial charge on any atom is 0.247 e. The number of nitrogens with zero attached hydrogens (tertiary/aromatic N) is 1. The van der Waals surface area contributed by atoms with E-state index in [1.807, 2.05) is 0 Å². The predicted molar refractivity (Wildman–Crippen MR) is 113 cm³/mol. The van der Waals surface area contributed by atoms with Gasteiger partial charge in [-0.25, -0.2) is 0 Å². The van der Waals surface area contributed by atoms with Crippen LogP contribution in [0.3, 0.4) is 0 Å². The highest BCUT2D eigenvalue weighted by Gasteiger charge is 2.33. The molecule has 0 spiro atoms. The van der Waals surface area contributed by atoms with Crippen molar-refractivity contribution in [3.8, 4) is 11.5 Å². The number of carbonyl (C=O) groups is 2. The molecular formula is C21H22Cl2N2O4. The third-order valence-corrected chi connectivity index (χ3v) is 5.45. The molecule has 8 heteroatoms. The summed E-state index contributed by atoms with van der Waals surface area (Å²) in [5.74, 6) is 0.953. The minimum Gasteiger partial charge on any atom is -0.497 e. The summed E-state index contributed by atoms with van der Waals surface area (Å²) in [7, 11) is 1.58. The van der Waals surface area contributed by atoms with Crippen LogP contribution in [0.15, 0.2) is 42.5 Å². The van der Waals surface area contributed by atoms with E-state index in [2.05, 4.69) is 5.32 Å². The average Bonchev–Trinajstić information content (AvgIpc) is 3.21. The Labute approximate surface area is 179 Å². The molecule has 3 rings (SSSR count). The fourth-order valence-electron chi connectivity index (χ4n) is 3.20. The lowest BCUT2D eigenvalue weighted by atomic mass is 10.2. The summed E-state index contributed by atoms with van der Waals surface area (Å²) in [6.07, 6.45) is 1.61. The zero-order valence-electron chi connectivity index (χ0n) is 16.0. The summed E-state index contributed by atoms with van der Waals surface area (Å²) in [4.78, 5) is 26.9. The maximum absolute atomic E-state index is 12.7. The number of methoxy groups -OCH3 is 1. The highest BCUT2D eigenvalue weighted by Crippen LogP contribution is 2.26. The molecule has 1 aliphatic rings. The van der Waals surface area contributed by atoms with Crippen LogP contribution in [0.5, 0.6) is 11.5 Å². The van der Waals surface area contributed by atoms with Crippen molar-refractivity contribution in [2.24, 2.45) is 0 Å². The summed E-state index contributed by atoms with van der Waals surface area (Å²) >= 11 is 11.8. The molecule has 0 saturated carbocycles. The van der Waals surface area contributed by atoms with E-state index in [1.54, 1.807) is 54.5 Å². The first kappa shape index (κ1) is 21.3. The van der Waals surface area contributed by atoms with E-state index in [0.29, 0.717) is 40.2 Å². The van der Waals surface area contributed by atoms with Gasteiger partial charge in [-0.1, -0.05) is 23.2 Å². The molecule has 0 aromatic heterocycles. The smallest absolute Gasteiger partial charge is 0.247 e. The van der Waals surface area contributed by atoms with E-state index >= 15 is 0 Å². The third kappa shape index (κ3) is 5.55. The molecule has 1 unspecified atom stereocenters. The number of likely N-dealkylation sites (tertiary alicyclic amines) is 1. The van der Waals surface area contributed by atoms with Gasteiger partial charge in [-0.2, -0.15) is 0 Å². The molecule has 0 radical (unpaired) electrons. The topological polar surface area (TPSA) is 67.9 Å². The third-order valence-electron chi connectivity index (χ3n) is 4.71. The first-order chi connectivity index (χ1) is 14.0. The van der Waals surface area contributed by atoms with E-state index in [9.17, 15) is 9.59 Å². The van der Waals surface area contributed by atoms with Crippen LogP contribution >= 0.6 is 23.2 Å². The largest absolute Gasteiger partial charge is 0.497 e. The van der Waals surface area contributed by atoms with Gasteiger partial charge >= 0.3 is 0 Å². The summed E-state index contributed by atoms with van der Waals surface area (Å²) < 4.78 is 10.7. The highest BCUT2D eigenvalue weighted by molar-refractivity contribution is 6.42. The van der Waals surface area contributed by atoms with Crippen LogP contribution in [0.2, 0.25) is 10.0 Å². The van der Waals surface area contributed by atoms with Crippen molar-refractivity contribution in [1.29, 1.82) is 0 Å². The van der Waals surface area contributed by atoms with Crippen LogP contribution in [0.1, 0.15) is 19.3 Å². The number of carbonyl (C=O) groups excluding carboxylic acids is 2. The van der Waals surface area contributed by atoms with Crippen LogP contribution in [-0.4, -0.2) is 43.0 Å². The number of hydrogen-bond acceptors (Lipinski definition) is 4. The first-order valence-electron chi connectivity index (χ1n) is 9.30. The van der Waals surface area contributed by atoms with Gasteiger partial charge in [0.15, 0.2) is 0 Å². The molecule has 2 amide bonds. The van der Waals surface area contributed by atoms with E-state index in [-0.39, 0.29) is 24.8 Å². The Morgan fingerprint density at radius 3 is 2.52 bits per heavy atom. The van der Waals surface area contributed by atoms with Crippen LogP contribution in [0.4, 0.5) is 5.69 Å². The normalized spacial score (nSPS) is 15.8. The van der Waals surface area contributed by atoms with E-state index < -0.39 is 6.04 Å². The standard InChI is InChI=1S/C21H22Cl2N2O4/c1-28-15-6-4-14(5-7-15)24-21(27)19-3-2-11-25(19)20(26)10-12-29-16-8-9-17(22)18(23)13-16/h4-9,13,19H,2-3,10-12H2,1H3,(H,24,27). The molecule has 154 valence electrons. The van der Waals surface area contributed by atoms with Crippen LogP contribution in [-0.2, 0) is 9.59 Å². The molecule has 2 aromatic carbocycles. The van der Waals surface area contributed by atoms with Gasteiger partial charge in [-0.3, -0.25) is 9.59 Å². The van der Waals surface area contributed by atoms with E-state index in [1.165, 1.54) is 0 Å². The van der Waals surface area contributed by atoms with E-state index in [4.69, 9.17) is 32.7 Å². The summed E-state index contributed by atoms with van der Waals surface area (Å²) in [5.41, 5.74) is 0.665. The number of halogens is 2. The summed E-state index contributed by atoms with van der Waals surface area (Å²) in [6.45, 7) is 0.756. The molecule has 1 atom stereocenters. The Kier molecular flexibility index (Phi) is 7.23. The number of benzene rings is 2. The lowest BCUT2D eigenvalue weighted by Gasteiger charge is -2.24. The van der Waals surface area contributed by atoms with Gasteiger partial charge in [0, 0.05) is 18.3 Å². The minimum atomic E-state index is -0.477. The van der Waals surface area contributed by atoms with Crippen LogP contribution in [0, 0.1) is 0 Å². The number of nitrogens with one attached hydrogen (secondary N) is 1. The Bertz CT molecular complexity index is 873. The maximum atomic E-state index is 12.7. The van der Waals surface area contributed by atoms with Gasteiger partial charge in [0.2, 0.25) is 11.8 Å². The molecule has 29 heavy (non-hydrogen) atoms. The number of anilines is 1. The highest BCUT2D eigenvalue weighted by atomic mass is 35.5. The quantitative estimate of drug-likeness (QED) is 0.697. The minimum absolute atomic E-state index is 0.113. The molecule has 2 aromatic rings. The second kappa shape index (κ2) is 9.85. The first-order valence-corrected chi connectivity index (χ1v) is 10.1.